The molecule has 2 aromatic rings. The Morgan fingerprint density at radius 3 is 2.50 bits per heavy atom. The summed E-state index contributed by atoms with van der Waals surface area (Å²) in [5.41, 5.74) is 0.684. The first-order valence-corrected chi connectivity index (χ1v) is 9.15. The van der Waals surface area contributed by atoms with Gasteiger partial charge in [-0.2, -0.15) is 0 Å². The monoisotopic (exact) mass is 385 g/mol. The standard InChI is InChI=1S/C20H25BFN3O3/c1-13(17(22)21-27-19(2,3)20(4,5)28-21)14-7-6-8-15(11-14)24-18-23-10-9-16(12-26)25-18/h6-11,26H,12H2,1-5H3,(H,23,24,25). The molecule has 0 bridgehead atoms. The van der Waals surface area contributed by atoms with Gasteiger partial charge in [-0.05, 0) is 64.0 Å². The zero-order chi connectivity index (χ0) is 20.5. The van der Waals surface area contributed by atoms with Crippen LogP contribution in [0.25, 0.3) is 5.57 Å². The highest BCUT2D eigenvalue weighted by Crippen LogP contribution is 2.40. The SMILES string of the molecule is CC(=C(F)B1OC(C)(C)C(C)(C)O1)c1cccc(Nc2nccc(CO)n2)c1. The Kier molecular flexibility index (Phi) is 5.56. The number of halogens is 1. The van der Waals surface area contributed by atoms with Gasteiger partial charge in [0.1, 0.15) is 5.73 Å². The second-order valence-electron chi connectivity index (χ2n) is 7.80. The lowest BCUT2D eigenvalue weighted by Gasteiger charge is -2.32. The molecule has 6 nitrogen and oxygen atoms in total. The molecule has 8 heteroatoms. The number of hydrogen-bond donors (Lipinski definition) is 2. The van der Waals surface area contributed by atoms with Crippen molar-refractivity contribution in [2.75, 3.05) is 5.32 Å². The number of aliphatic hydroxyl groups excluding tert-OH is 1. The van der Waals surface area contributed by atoms with Crippen molar-refractivity contribution in [2.24, 2.45) is 0 Å². The van der Waals surface area contributed by atoms with E-state index in [0.717, 1.165) is 0 Å². The van der Waals surface area contributed by atoms with E-state index in [2.05, 4.69) is 15.3 Å². The molecule has 0 atom stereocenters. The normalized spacial score (nSPS) is 18.8. The molecule has 0 aliphatic carbocycles. The van der Waals surface area contributed by atoms with Gasteiger partial charge in [0, 0.05) is 11.9 Å². The molecule has 2 heterocycles. The zero-order valence-electron chi connectivity index (χ0n) is 16.8. The van der Waals surface area contributed by atoms with Crippen LogP contribution < -0.4 is 5.32 Å². The molecule has 1 aliphatic rings. The molecule has 1 fully saturated rings. The molecule has 1 aromatic heterocycles. The van der Waals surface area contributed by atoms with E-state index in [9.17, 15) is 5.11 Å². The summed E-state index contributed by atoms with van der Waals surface area (Å²) in [4.78, 5) is 8.32. The quantitative estimate of drug-likeness (QED) is 0.757. The largest absolute Gasteiger partial charge is 0.525 e. The van der Waals surface area contributed by atoms with Crippen LogP contribution in [-0.2, 0) is 15.9 Å². The number of aromatic nitrogens is 2. The Balaban J connectivity index is 1.83. The third kappa shape index (κ3) is 4.09. The summed E-state index contributed by atoms with van der Waals surface area (Å²) in [7, 11) is -1.04. The van der Waals surface area contributed by atoms with Crippen LogP contribution in [0.3, 0.4) is 0 Å². The van der Waals surface area contributed by atoms with E-state index in [4.69, 9.17) is 9.31 Å². The average Bonchev–Trinajstić information content (AvgIpc) is 2.88. The number of benzene rings is 1. The Labute approximate surface area is 165 Å². The Hall–Kier alpha value is -2.29. The van der Waals surface area contributed by atoms with E-state index in [1.54, 1.807) is 25.3 Å². The van der Waals surface area contributed by atoms with Crippen LogP contribution in [0.15, 0.2) is 42.3 Å². The summed E-state index contributed by atoms with van der Waals surface area (Å²) in [6.07, 6.45) is 1.56. The van der Waals surface area contributed by atoms with Crippen LogP contribution in [0.4, 0.5) is 16.0 Å². The molecule has 0 unspecified atom stereocenters. The van der Waals surface area contributed by atoms with Crippen LogP contribution in [0, 0.1) is 0 Å². The maximum atomic E-state index is 15.1. The summed E-state index contributed by atoms with van der Waals surface area (Å²) in [6, 6.07) is 8.90. The molecule has 1 aliphatic heterocycles. The first-order chi connectivity index (χ1) is 13.1. The fourth-order valence-corrected chi connectivity index (χ4v) is 2.76. The van der Waals surface area contributed by atoms with Crippen LogP contribution in [0.5, 0.6) is 0 Å². The fraction of sp³-hybridized carbons (Fsp3) is 0.400. The van der Waals surface area contributed by atoms with Crippen LogP contribution in [0.1, 0.15) is 45.9 Å². The lowest BCUT2D eigenvalue weighted by Crippen LogP contribution is -2.41. The number of nitrogens with zero attached hydrogens (tertiary/aromatic N) is 2. The second kappa shape index (κ2) is 7.62. The fourth-order valence-electron chi connectivity index (χ4n) is 2.76. The highest BCUT2D eigenvalue weighted by Gasteiger charge is 2.53. The van der Waals surface area contributed by atoms with Gasteiger partial charge in [-0.1, -0.05) is 12.1 Å². The molecular weight excluding hydrogens is 360 g/mol. The predicted molar refractivity (Wildman–Crippen MR) is 107 cm³/mol. The molecule has 0 spiro atoms. The summed E-state index contributed by atoms with van der Waals surface area (Å²) in [5, 5.41) is 12.3. The van der Waals surface area contributed by atoms with E-state index in [1.165, 1.54) is 0 Å². The number of anilines is 2. The van der Waals surface area contributed by atoms with Crippen LogP contribution in [0.2, 0.25) is 0 Å². The summed E-state index contributed by atoms with van der Waals surface area (Å²) < 4.78 is 26.7. The minimum atomic E-state index is -1.04. The molecular formula is C20H25BFN3O3. The van der Waals surface area contributed by atoms with Crippen molar-refractivity contribution in [2.45, 2.75) is 52.4 Å². The van der Waals surface area contributed by atoms with Gasteiger partial charge in [0.15, 0.2) is 0 Å². The Morgan fingerprint density at radius 2 is 1.86 bits per heavy atom. The maximum absolute atomic E-state index is 15.1. The van der Waals surface area contributed by atoms with Crippen molar-refractivity contribution < 1.29 is 18.8 Å². The first kappa shape index (κ1) is 20.4. The minimum absolute atomic E-state index is 0.168. The Morgan fingerprint density at radius 1 is 1.18 bits per heavy atom. The summed E-state index contributed by atoms with van der Waals surface area (Å²) >= 11 is 0. The van der Waals surface area contributed by atoms with Crippen molar-refractivity contribution in [3.8, 4) is 0 Å². The van der Waals surface area contributed by atoms with Crippen molar-refractivity contribution in [1.29, 1.82) is 0 Å². The summed E-state index contributed by atoms with van der Waals surface area (Å²) in [5.74, 6) is 0.358. The topological polar surface area (TPSA) is 76.5 Å². The number of allylic oxidation sites excluding steroid dienone is 1. The van der Waals surface area contributed by atoms with Crippen molar-refractivity contribution in [3.63, 3.8) is 0 Å². The van der Waals surface area contributed by atoms with Gasteiger partial charge >= 0.3 is 7.12 Å². The Bertz CT molecular complexity index is 886. The van der Waals surface area contributed by atoms with Gasteiger partial charge in [-0.3, -0.25) is 0 Å². The summed E-state index contributed by atoms with van der Waals surface area (Å²) in [6.45, 7) is 9.09. The predicted octanol–water partition coefficient (Wildman–Crippen LogP) is 4.04. The third-order valence-electron chi connectivity index (χ3n) is 5.25. The number of aliphatic hydroxyl groups is 1. The van der Waals surface area contributed by atoms with E-state index >= 15 is 4.39 Å². The second-order valence-corrected chi connectivity index (χ2v) is 7.80. The molecule has 3 rings (SSSR count). The molecule has 148 valence electrons. The van der Waals surface area contributed by atoms with Gasteiger partial charge in [0.05, 0.1) is 23.5 Å². The lowest BCUT2D eigenvalue weighted by molar-refractivity contribution is 0.00578. The molecule has 1 aromatic carbocycles. The van der Waals surface area contributed by atoms with Gasteiger partial charge in [-0.15, -0.1) is 0 Å². The van der Waals surface area contributed by atoms with E-state index < -0.39 is 24.0 Å². The molecule has 0 amide bonds. The van der Waals surface area contributed by atoms with Crippen molar-refractivity contribution in [1.82, 2.24) is 9.97 Å². The van der Waals surface area contributed by atoms with E-state index in [-0.39, 0.29) is 6.61 Å². The van der Waals surface area contributed by atoms with Gasteiger partial charge in [-0.25, -0.2) is 14.4 Å². The smallest absolute Gasteiger partial charge is 0.398 e. The molecule has 0 saturated carbocycles. The maximum Gasteiger partial charge on any atom is 0.525 e. The zero-order valence-corrected chi connectivity index (χ0v) is 16.8. The van der Waals surface area contributed by atoms with Crippen molar-refractivity contribution in [3.05, 3.63) is 53.5 Å². The average molecular weight is 385 g/mol. The molecule has 28 heavy (non-hydrogen) atoms. The number of rotatable bonds is 5. The molecule has 0 radical (unpaired) electrons. The highest BCUT2D eigenvalue weighted by atomic mass is 19.1. The van der Waals surface area contributed by atoms with Crippen LogP contribution >= 0.6 is 0 Å². The number of hydrogen-bond acceptors (Lipinski definition) is 6. The van der Waals surface area contributed by atoms with E-state index in [0.29, 0.717) is 28.5 Å². The molecule has 1 saturated heterocycles. The first-order valence-electron chi connectivity index (χ1n) is 9.15. The van der Waals surface area contributed by atoms with Gasteiger partial charge in [0.25, 0.3) is 0 Å². The van der Waals surface area contributed by atoms with Gasteiger partial charge in [0.2, 0.25) is 5.95 Å². The lowest BCUT2D eigenvalue weighted by atomic mass is 9.83. The highest BCUT2D eigenvalue weighted by molar-refractivity contribution is 6.55. The van der Waals surface area contributed by atoms with E-state index in [1.807, 2.05) is 45.9 Å². The third-order valence-corrected chi connectivity index (χ3v) is 5.25. The minimum Gasteiger partial charge on any atom is -0.398 e. The van der Waals surface area contributed by atoms with Gasteiger partial charge < -0.3 is 19.7 Å². The van der Waals surface area contributed by atoms with Crippen LogP contribution in [-0.4, -0.2) is 33.4 Å². The number of nitrogens with one attached hydrogen (secondary N) is 1. The van der Waals surface area contributed by atoms with Crippen molar-refractivity contribution >= 4 is 24.3 Å². The molecule has 2 N–H and O–H groups in total.